The predicted octanol–water partition coefficient (Wildman–Crippen LogP) is 2.98. The number of thioether (sulfide) groups is 1. The first-order valence-electron chi connectivity index (χ1n) is 7.80. The van der Waals surface area contributed by atoms with Gasteiger partial charge in [0.05, 0.1) is 0 Å². The molecule has 2 N–H and O–H groups in total. The van der Waals surface area contributed by atoms with E-state index in [-0.39, 0.29) is 18.3 Å². The van der Waals surface area contributed by atoms with Gasteiger partial charge in [0.15, 0.2) is 0 Å². The van der Waals surface area contributed by atoms with Crippen LogP contribution in [-0.2, 0) is 4.79 Å². The number of nitrogens with one attached hydrogen (secondary N) is 2. The fraction of sp³-hybridized carbons (Fsp3) is 0.933. The van der Waals surface area contributed by atoms with E-state index in [9.17, 15) is 4.79 Å². The van der Waals surface area contributed by atoms with Crippen LogP contribution in [-0.4, -0.2) is 35.5 Å². The number of halogens is 1. The number of hydrogen-bond acceptors (Lipinski definition) is 3. The van der Waals surface area contributed by atoms with Gasteiger partial charge < -0.3 is 10.6 Å². The van der Waals surface area contributed by atoms with Gasteiger partial charge >= 0.3 is 0 Å². The molecule has 0 aliphatic carbocycles. The molecule has 1 amide bonds. The molecule has 0 spiro atoms. The Labute approximate surface area is 133 Å². The molecule has 2 aliphatic rings. The molecule has 3 atom stereocenters. The summed E-state index contributed by atoms with van der Waals surface area (Å²) in [6.07, 6.45) is 6.84. The molecule has 0 radical (unpaired) electrons. The highest BCUT2D eigenvalue weighted by molar-refractivity contribution is 7.99. The standard InChI is InChI=1S/C15H28N2OS.ClH/c1-3-19-7-6-11(2)16-15(18)10-12-8-13-4-5-14(9-12)17-13;/h11-14,17H,3-10H2,1-2H3,(H,16,18);1H. The highest BCUT2D eigenvalue weighted by atomic mass is 35.5. The minimum Gasteiger partial charge on any atom is -0.354 e. The SMILES string of the molecule is CCSCCC(C)NC(=O)CC1CC2CCC(C1)N2.Cl. The molecule has 2 heterocycles. The summed E-state index contributed by atoms with van der Waals surface area (Å²) in [4.78, 5) is 12.0. The zero-order valence-corrected chi connectivity index (χ0v) is 14.3. The predicted molar refractivity (Wildman–Crippen MR) is 89.8 cm³/mol. The van der Waals surface area contributed by atoms with Gasteiger partial charge in [-0.15, -0.1) is 12.4 Å². The van der Waals surface area contributed by atoms with Crippen LogP contribution in [0.4, 0.5) is 0 Å². The second-order valence-corrected chi connectivity index (χ2v) is 7.53. The molecule has 2 bridgehead atoms. The third-order valence-corrected chi connectivity index (χ3v) is 5.28. The number of fused-ring (bicyclic) bond motifs is 2. The Bertz CT molecular complexity index is 292. The lowest BCUT2D eigenvalue weighted by Crippen LogP contribution is -2.40. The fourth-order valence-electron chi connectivity index (χ4n) is 3.41. The largest absolute Gasteiger partial charge is 0.354 e. The van der Waals surface area contributed by atoms with E-state index in [1.54, 1.807) is 0 Å². The van der Waals surface area contributed by atoms with Gasteiger partial charge in [-0.25, -0.2) is 0 Å². The molecule has 3 nitrogen and oxygen atoms in total. The topological polar surface area (TPSA) is 41.1 Å². The van der Waals surface area contributed by atoms with Gasteiger partial charge in [0.1, 0.15) is 0 Å². The zero-order valence-electron chi connectivity index (χ0n) is 12.7. The van der Waals surface area contributed by atoms with Crippen molar-refractivity contribution in [3.05, 3.63) is 0 Å². The van der Waals surface area contributed by atoms with E-state index >= 15 is 0 Å². The Balaban J connectivity index is 0.00000200. The van der Waals surface area contributed by atoms with E-state index in [2.05, 4.69) is 24.5 Å². The van der Waals surface area contributed by atoms with Gasteiger partial charge in [0.25, 0.3) is 0 Å². The fourth-order valence-corrected chi connectivity index (χ4v) is 4.22. The van der Waals surface area contributed by atoms with Crippen LogP contribution in [0.1, 0.15) is 52.4 Å². The molecule has 0 aromatic heterocycles. The van der Waals surface area contributed by atoms with E-state index in [1.807, 2.05) is 11.8 Å². The summed E-state index contributed by atoms with van der Waals surface area (Å²) in [6, 6.07) is 1.70. The summed E-state index contributed by atoms with van der Waals surface area (Å²) >= 11 is 1.95. The number of carbonyl (C=O) groups excluding carboxylic acids is 1. The molecule has 118 valence electrons. The molecule has 2 aliphatic heterocycles. The quantitative estimate of drug-likeness (QED) is 0.709. The molecule has 0 aromatic rings. The third-order valence-electron chi connectivity index (χ3n) is 4.35. The van der Waals surface area contributed by atoms with Crippen LogP contribution >= 0.6 is 24.2 Å². The molecule has 2 rings (SSSR count). The van der Waals surface area contributed by atoms with Crippen molar-refractivity contribution in [1.29, 1.82) is 0 Å². The minimum absolute atomic E-state index is 0. The summed E-state index contributed by atoms with van der Waals surface area (Å²) in [5, 5.41) is 6.80. The Hall–Kier alpha value is 0.0700. The highest BCUT2D eigenvalue weighted by Gasteiger charge is 2.34. The summed E-state index contributed by atoms with van der Waals surface area (Å²) in [5.41, 5.74) is 0. The van der Waals surface area contributed by atoms with Crippen molar-refractivity contribution >= 4 is 30.1 Å². The lowest BCUT2D eigenvalue weighted by atomic mass is 9.89. The molecule has 0 aromatic carbocycles. The normalized spacial score (nSPS) is 29.6. The Morgan fingerprint density at radius 1 is 1.35 bits per heavy atom. The van der Waals surface area contributed by atoms with E-state index in [1.165, 1.54) is 31.4 Å². The van der Waals surface area contributed by atoms with E-state index in [4.69, 9.17) is 0 Å². The summed E-state index contributed by atoms with van der Waals surface area (Å²) in [7, 11) is 0. The maximum atomic E-state index is 12.0. The molecule has 2 saturated heterocycles. The second-order valence-electron chi connectivity index (χ2n) is 6.13. The number of piperidine rings is 1. The van der Waals surface area contributed by atoms with Gasteiger partial charge in [0.2, 0.25) is 5.91 Å². The number of amides is 1. The van der Waals surface area contributed by atoms with Crippen LogP contribution in [0, 0.1) is 5.92 Å². The first-order valence-corrected chi connectivity index (χ1v) is 8.96. The van der Waals surface area contributed by atoms with Gasteiger partial charge in [-0.3, -0.25) is 4.79 Å². The monoisotopic (exact) mass is 320 g/mol. The van der Waals surface area contributed by atoms with Crippen molar-refractivity contribution in [2.24, 2.45) is 5.92 Å². The maximum Gasteiger partial charge on any atom is 0.220 e. The van der Waals surface area contributed by atoms with E-state index in [0.717, 1.165) is 18.6 Å². The van der Waals surface area contributed by atoms with Crippen molar-refractivity contribution in [2.45, 2.75) is 70.5 Å². The van der Waals surface area contributed by atoms with E-state index < -0.39 is 0 Å². The van der Waals surface area contributed by atoms with E-state index in [0.29, 0.717) is 24.0 Å². The lowest BCUT2D eigenvalue weighted by molar-refractivity contribution is -0.122. The zero-order chi connectivity index (χ0) is 13.7. The van der Waals surface area contributed by atoms with Gasteiger partial charge in [-0.05, 0) is 56.5 Å². The lowest BCUT2D eigenvalue weighted by Gasteiger charge is -2.29. The van der Waals surface area contributed by atoms with Gasteiger partial charge in [-0.2, -0.15) is 11.8 Å². The first kappa shape index (κ1) is 18.1. The van der Waals surface area contributed by atoms with Crippen molar-refractivity contribution < 1.29 is 4.79 Å². The van der Waals surface area contributed by atoms with Gasteiger partial charge in [0, 0.05) is 24.5 Å². The van der Waals surface area contributed by atoms with Crippen molar-refractivity contribution in [3.63, 3.8) is 0 Å². The maximum absolute atomic E-state index is 12.0. The summed E-state index contributed by atoms with van der Waals surface area (Å²) in [5.74, 6) is 3.18. The number of rotatable bonds is 7. The Kier molecular flexibility index (Phi) is 8.30. The van der Waals surface area contributed by atoms with Crippen LogP contribution in [0.25, 0.3) is 0 Å². The Morgan fingerprint density at radius 2 is 2.00 bits per heavy atom. The second kappa shape index (κ2) is 9.16. The summed E-state index contributed by atoms with van der Waals surface area (Å²) < 4.78 is 0. The average Bonchev–Trinajstić information content (AvgIpc) is 2.69. The third kappa shape index (κ3) is 5.82. The molecular weight excluding hydrogens is 292 g/mol. The van der Waals surface area contributed by atoms with Crippen LogP contribution in [0.3, 0.4) is 0 Å². The molecule has 2 fully saturated rings. The number of hydrogen-bond donors (Lipinski definition) is 2. The minimum atomic E-state index is 0. The molecule has 3 unspecified atom stereocenters. The van der Waals surface area contributed by atoms with Crippen LogP contribution in [0.15, 0.2) is 0 Å². The Morgan fingerprint density at radius 3 is 2.60 bits per heavy atom. The molecule has 0 saturated carbocycles. The van der Waals surface area contributed by atoms with Crippen molar-refractivity contribution in [1.82, 2.24) is 10.6 Å². The number of carbonyl (C=O) groups is 1. The average molecular weight is 321 g/mol. The highest BCUT2D eigenvalue weighted by Crippen LogP contribution is 2.32. The molecular formula is C15H29ClN2OS. The molecule has 20 heavy (non-hydrogen) atoms. The van der Waals surface area contributed by atoms with Crippen LogP contribution < -0.4 is 10.6 Å². The van der Waals surface area contributed by atoms with Gasteiger partial charge in [-0.1, -0.05) is 6.92 Å². The smallest absolute Gasteiger partial charge is 0.220 e. The summed E-state index contributed by atoms with van der Waals surface area (Å²) in [6.45, 7) is 4.31. The van der Waals surface area contributed by atoms with Crippen molar-refractivity contribution in [3.8, 4) is 0 Å². The molecule has 5 heteroatoms. The van der Waals surface area contributed by atoms with Crippen LogP contribution in [0.2, 0.25) is 0 Å². The first-order chi connectivity index (χ1) is 9.17. The van der Waals surface area contributed by atoms with Crippen molar-refractivity contribution in [2.75, 3.05) is 11.5 Å². The van der Waals surface area contributed by atoms with Crippen LogP contribution in [0.5, 0.6) is 0 Å².